The second-order valence-corrected chi connectivity index (χ2v) is 10.4. The number of nitrogens with zero attached hydrogens (tertiary/aromatic N) is 4. The lowest BCUT2D eigenvalue weighted by Gasteiger charge is -2.35. The zero-order valence-electron chi connectivity index (χ0n) is 21.3. The molecule has 0 bridgehead atoms. The summed E-state index contributed by atoms with van der Waals surface area (Å²) in [4.78, 5) is 25.9. The topological polar surface area (TPSA) is 88.0 Å². The second kappa shape index (κ2) is 11.3. The number of fused-ring (bicyclic) bond motifs is 1. The van der Waals surface area contributed by atoms with Gasteiger partial charge in [-0.2, -0.15) is 0 Å². The highest BCUT2D eigenvalue weighted by molar-refractivity contribution is 7.98. The van der Waals surface area contributed by atoms with E-state index in [2.05, 4.69) is 40.1 Å². The number of carboxylic acid groups (broad SMARTS) is 1. The molecule has 1 saturated heterocycles. The van der Waals surface area contributed by atoms with Crippen LogP contribution in [-0.4, -0.2) is 58.9 Å². The molecule has 0 unspecified atom stereocenters. The zero-order valence-corrected chi connectivity index (χ0v) is 22.1. The molecule has 0 saturated carbocycles. The van der Waals surface area contributed by atoms with Crippen molar-refractivity contribution in [2.45, 2.75) is 17.5 Å². The van der Waals surface area contributed by atoms with Crippen LogP contribution in [0.15, 0.2) is 84.0 Å². The molecule has 3 aromatic carbocycles. The van der Waals surface area contributed by atoms with Gasteiger partial charge in [-0.3, -0.25) is 4.90 Å². The third kappa shape index (κ3) is 6.00. The van der Waals surface area contributed by atoms with E-state index in [9.17, 15) is 9.90 Å². The van der Waals surface area contributed by atoms with Crippen LogP contribution in [0.2, 0.25) is 0 Å². The van der Waals surface area contributed by atoms with Crippen molar-refractivity contribution in [3.63, 3.8) is 0 Å². The van der Waals surface area contributed by atoms with Gasteiger partial charge in [0.2, 0.25) is 6.79 Å². The molecule has 3 heterocycles. The van der Waals surface area contributed by atoms with Crippen LogP contribution in [0.25, 0.3) is 11.3 Å². The standard InChI is InChI=1S/C30H28N4O4S/c35-29(36)24-8-4-5-22(15-24)19-39-30-31-25(23-6-2-1-3-7-23)17-28(32-30)34-13-11-33(12-14-34)18-21-9-10-26-27(16-21)38-20-37-26/h1-10,15-17H,11-14,18-20H2,(H,35,36). The average Bonchev–Trinajstić information content (AvgIpc) is 3.45. The second-order valence-electron chi connectivity index (χ2n) is 9.50. The summed E-state index contributed by atoms with van der Waals surface area (Å²) in [5, 5.41) is 10.0. The van der Waals surface area contributed by atoms with E-state index in [1.165, 1.54) is 17.3 Å². The van der Waals surface area contributed by atoms with Gasteiger partial charge in [-0.25, -0.2) is 14.8 Å². The number of ether oxygens (including phenoxy) is 2. The van der Waals surface area contributed by atoms with Gasteiger partial charge in [0.15, 0.2) is 16.7 Å². The molecule has 4 aromatic rings. The lowest BCUT2D eigenvalue weighted by atomic mass is 10.1. The van der Waals surface area contributed by atoms with Gasteiger partial charge in [-0.15, -0.1) is 0 Å². The Morgan fingerprint density at radius 1 is 0.846 bits per heavy atom. The van der Waals surface area contributed by atoms with Gasteiger partial charge in [0, 0.05) is 50.1 Å². The maximum Gasteiger partial charge on any atom is 0.335 e. The van der Waals surface area contributed by atoms with Crippen molar-refractivity contribution in [3.05, 3.63) is 95.6 Å². The van der Waals surface area contributed by atoms with Crippen LogP contribution in [0.1, 0.15) is 21.5 Å². The van der Waals surface area contributed by atoms with E-state index in [-0.39, 0.29) is 12.4 Å². The monoisotopic (exact) mass is 540 g/mol. The van der Waals surface area contributed by atoms with Crippen molar-refractivity contribution in [2.24, 2.45) is 0 Å². The summed E-state index contributed by atoms with van der Waals surface area (Å²) in [6.07, 6.45) is 0. The molecule has 1 N–H and O–H groups in total. The molecule has 0 spiro atoms. The molecule has 1 aromatic heterocycles. The predicted octanol–water partition coefficient (Wildman–Crippen LogP) is 5.19. The molecule has 6 rings (SSSR count). The number of aromatic carboxylic acids is 1. The molecule has 0 aliphatic carbocycles. The summed E-state index contributed by atoms with van der Waals surface area (Å²) >= 11 is 1.52. The number of carbonyl (C=O) groups is 1. The summed E-state index contributed by atoms with van der Waals surface area (Å²) in [5.74, 6) is 2.20. The van der Waals surface area contributed by atoms with Crippen molar-refractivity contribution in [1.29, 1.82) is 0 Å². The normalized spacial score (nSPS) is 14.9. The van der Waals surface area contributed by atoms with Crippen LogP contribution in [0.5, 0.6) is 11.5 Å². The number of benzene rings is 3. The first-order valence-corrected chi connectivity index (χ1v) is 13.8. The smallest absolute Gasteiger partial charge is 0.335 e. The van der Waals surface area contributed by atoms with Crippen LogP contribution in [0.4, 0.5) is 5.82 Å². The summed E-state index contributed by atoms with van der Waals surface area (Å²) in [7, 11) is 0. The summed E-state index contributed by atoms with van der Waals surface area (Å²) in [6, 6.07) is 25.4. The molecule has 2 aliphatic heterocycles. The van der Waals surface area contributed by atoms with Gasteiger partial charge < -0.3 is 19.5 Å². The molecule has 0 amide bonds. The van der Waals surface area contributed by atoms with Crippen LogP contribution in [0, 0.1) is 0 Å². The SMILES string of the molecule is O=C(O)c1cccc(CSc2nc(-c3ccccc3)cc(N3CCN(Cc4ccc5c(c4)OCO5)CC3)n2)c1. The largest absolute Gasteiger partial charge is 0.478 e. The Labute approximate surface area is 231 Å². The highest BCUT2D eigenvalue weighted by Gasteiger charge is 2.21. The number of hydrogen-bond acceptors (Lipinski definition) is 8. The first-order valence-electron chi connectivity index (χ1n) is 12.9. The average molecular weight is 541 g/mol. The first-order chi connectivity index (χ1) is 19.1. The minimum absolute atomic E-state index is 0.284. The maximum absolute atomic E-state index is 11.4. The molecule has 39 heavy (non-hydrogen) atoms. The zero-order chi connectivity index (χ0) is 26.6. The summed E-state index contributed by atoms with van der Waals surface area (Å²) in [5.41, 5.74) is 4.34. The minimum Gasteiger partial charge on any atom is -0.478 e. The van der Waals surface area contributed by atoms with Gasteiger partial charge >= 0.3 is 5.97 Å². The van der Waals surface area contributed by atoms with Gasteiger partial charge in [0.1, 0.15) is 5.82 Å². The minimum atomic E-state index is -0.927. The highest BCUT2D eigenvalue weighted by atomic mass is 32.2. The summed E-state index contributed by atoms with van der Waals surface area (Å²) in [6.45, 7) is 4.71. The maximum atomic E-state index is 11.4. The van der Waals surface area contributed by atoms with E-state index in [1.807, 2.05) is 30.3 Å². The van der Waals surface area contributed by atoms with Crippen molar-refractivity contribution in [1.82, 2.24) is 14.9 Å². The van der Waals surface area contributed by atoms with E-state index < -0.39 is 5.97 Å². The number of rotatable bonds is 8. The van der Waals surface area contributed by atoms with Gasteiger partial charge in [-0.05, 0) is 35.4 Å². The molecule has 0 atom stereocenters. The predicted molar refractivity (Wildman–Crippen MR) is 150 cm³/mol. The van der Waals surface area contributed by atoms with E-state index in [0.29, 0.717) is 10.9 Å². The van der Waals surface area contributed by atoms with Gasteiger partial charge in [0.25, 0.3) is 0 Å². The van der Waals surface area contributed by atoms with Crippen LogP contribution in [0.3, 0.4) is 0 Å². The number of carboxylic acids is 1. The Balaban J connectivity index is 1.17. The van der Waals surface area contributed by atoms with E-state index in [4.69, 9.17) is 19.4 Å². The Morgan fingerprint density at radius 3 is 2.49 bits per heavy atom. The van der Waals surface area contributed by atoms with Crippen molar-refractivity contribution in [2.75, 3.05) is 37.9 Å². The number of thioether (sulfide) groups is 1. The Kier molecular flexibility index (Phi) is 7.33. The molecule has 198 valence electrons. The molecule has 0 radical (unpaired) electrons. The molecule has 1 fully saturated rings. The molecule has 9 heteroatoms. The fraction of sp³-hybridized carbons (Fsp3) is 0.233. The van der Waals surface area contributed by atoms with Crippen molar-refractivity contribution in [3.8, 4) is 22.8 Å². The van der Waals surface area contributed by atoms with Gasteiger partial charge in [0.05, 0.1) is 11.3 Å². The van der Waals surface area contributed by atoms with E-state index >= 15 is 0 Å². The van der Waals surface area contributed by atoms with Crippen molar-refractivity contribution < 1.29 is 19.4 Å². The van der Waals surface area contributed by atoms with Crippen LogP contribution in [-0.2, 0) is 12.3 Å². The molecule has 8 nitrogen and oxygen atoms in total. The molecular weight excluding hydrogens is 512 g/mol. The van der Waals surface area contributed by atoms with Crippen LogP contribution >= 0.6 is 11.8 Å². The van der Waals surface area contributed by atoms with E-state index in [1.54, 1.807) is 18.2 Å². The van der Waals surface area contributed by atoms with Crippen LogP contribution < -0.4 is 14.4 Å². The third-order valence-electron chi connectivity index (χ3n) is 6.84. The quantitative estimate of drug-likeness (QED) is 0.240. The molecular formula is C30H28N4O4S. The third-order valence-corrected chi connectivity index (χ3v) is 7.76. The number of aromatic nitrogens is 2. The van der Waals surface area contributed by atoms with Gasteiger partial charge in [-0.1, -0.05) is 60.3 Å². The number of piperazine rings is 1. The lowest BCUT2D eigenvalue weighted by molar-refractivity contribution is 0.0696. The number of anilines is 1. The fourth-order valence-electron chi connectivity index (χ4n) is 4.77. The highest BCUT2D eigenvalue weighted by Crippen LogP contribution is 2.33. The lowest BCUT2D eigenvalue weighted by Crippen LogP contribution is -2.46. The fourth-order valence-corrected chi connectivity index (χ4v) is 5.57. The Bertz CT molecular complexity index is 1480. The first kappa shape index (κ1) is 25.2. The van der Waals surface area contributed by atoms with E-state index in [0.717, 1.165) is 66.9 Å². The van der Waals surface area contributed by atoms with Crippen molar-refractivity contribution >= 4 is 23.5 Å². The Hall–Kier alpha value is -4.08. The Morgan fingerprint density at radius 2 is 1.67 bits per heavy atom. The summed E-state index contributed by atoms with van der Waals surface area (Å²) < 4.78 is 11.0. The number of hydrogen-bond donors (Lipinski definition) is 1. The molecule has 2 aliphatic rings.